The summed E-state index contributed by atoms with van der Waals surface area (Å²) >= 11 is 0. The Balaban J connectivity index is 0.000000286. The summed E-state index contributed by atoms with van der Waals surface area (Å²) in [5.41, 5.74) is 15.3. The third kappa shape index (κ3) is 6.34. The van der Waals surface area contributed by atoms with Crippen LogP contribution in [0.1, 0.15) is 5.56 Å². The molecular formula is C25H27N7O. The lowest BCUT2D eigenvalue weighted by molar-refractivity contribution is -0.116. The summed E-state index contributed by atoms with van der Waals surface area (Å²) in [7, 11) is 3.70. The van der Waals surface area contributed by atoms with Crippen molar-refractivity contribution in [3.05, 3.63) is 78.4 Å². The molecule has 0 spiro atoms. The second kappa shape index (κ2) is 10.8. The highest BCUT2D eigenvalue weighted by atomic mass is 16.2. The number of aromatic nitrogens is 2. The van der Waals surface area contributed by atoms with Gasteiger partial charge in [0.2, 0.25) is 5.91 Å². The molecule has 0 fully saturated rings. The highest BCUT2D eigenvalue weighted by Gasteiger charge is 2.09. The van der Waals surface area contributed by atoms with Crippen molar-refractivity contribution in [2.45, 2.75) is 0 Å². The second-order valence-electron chi connectivity index (χ2n) is 7.59. The summed E-state index contributed by atoms with van der Waals surface area (Å²) in [6.07, 6.45) is 1.25. The first-order valence-electron chi connectivity index (χ1n) is 10.3. The highest BCUT2D eigenvalue weighted by Crippen LogP contribution is 2.24. The van der Waals surface area contributed by atoms with Crippen molar-refractivity contribution in [3.63, 3.8) is 0 Å². The maximum atomic E-state index is 11.9. The molecule has 1 amide bonds. The third-order valence-electron chi connectivity index (χ3n) is 4.65. The van der Waals surface area contributed by atoms with Crippen molar-refractivity contribution in [3.8, 4) is 11.4 Å². The predicted octanol–water partition coefficient (Wildman–Crippen LogP) is 3.65. The maximum Gasteiger partial charge on any atom is 0.238 e. The molecule has 0 radical (unpaired) electrons. The zero-order valence-electron chi connectivity index (χ0n) is 18.6. The molecule has 0 saturated heterocycles. The fourth-order valence-electron chi connectivity index (χ4n) is 3.10. The first kappa shape index (κ1) is 23.4. The Morgan fingerprint density at radius 2 is 1.73 bits per heavy atom. The zero-order valence-corrected chi connectivity index (χ0v) is 18.6. The van der Waals surface area contributed by atoms with Gasteiger partial charge in [-0.2, -0.15) is 0 Å². The van der Waals surface area contributed by atoms with E-state index in [-0.39, 0.29) is 5.91 Å². The minimum absolute atomic E-state index is 0.0731. The van der Waals surface area contributed by atoms with Crippen LogP contribution in [0.4, 0.5) is 17.2 Å². The maximum absolute atomic E-state index is 11.9. The minimum Gasteiger partial charge on any atom is -0.398 e. The van der Waals surface area contributed by atoms with E-state index in [1.165, 1.54) is 6.21 Å². The Morgan fingerprint density at radius 1 is 1.00 bits per heavy atom. The molecular weight excluding hydrogens is 414 g/mol. The topological polar surface area (TPSA) is 134 Å². The van der Waals surface area contributed by atoms with Crippen LogP contribution in [0.3, 0.4) is 0 Å². The molecule has 3 aromatic carbocycles. The lowest BCUT2D eigenvalue weighted by atomic mass is 10.1. The van der Waals surface area contributed by atoms with Crippen molar-refractivity contribution in [1.29, 1.82) is 5.41 Å². The van der Waals surface area contributed by atoms with E-state index in [0.717, 1.165) is 22.0 Å². The van der Waals surface area contributed by atoms with Gasteiger partial charge in [0, 0.05) is 34.1 Å². The number of nitrogens with one attached hydrogen (secondary N) is 2. The number of fused-ring (bicyclic) bond motifs is 1. The van der Waals surface area contributed by atoms with Crippen LogP contribution in [-0.4, -0.2) is 47.6 Å². The summed E-state index contributed by atoms with van der Waals surface area (Å²) in [5.74, 6) is 0.906. The molecule has 6 N–H and O–H groups in total. The number of para-hydroxylation sites is 2. The Morgan fingerprint density at radius 3 is 2.42 bits per heavy atom. The number of rotatable bonds is 5. The molecule has 4 rings (SSSR count). The molecule has 0 aliphatic carbocycles. The van der Waals surface area contributed by atoms with Crippen molar-refractivity contribution in [1.82, 2.24) is 14.9 Å². The lowest BCUT2D eigenvalue weighted by Gasteiger charge is -2.11. The van der Waals surface area contributed by atoms with Gasteiger partial charge in [-0.05, 0) is 44.4 Å². The predicted molar refractivity (Wildman–Crippen MR) is 135 cm³/mol. The van der Waals surface area contributed by atoms with Crippen LogP contribution >= 0.6 is 0 Å². The van der Waals surface area contributed by atoms with Gasteiger partial charge in [0.25, 0.3) is 0 Å². The minimum atomic E-state index is -0.0731. The van der Waals surface area contributed by atoms with Gasteiger partial charge in [0.15, 0.2) is 5.82 Å². The van der Waals surface area contributed by atoms with E-state index in [1.807, 2.05) is 85.7 Å². The van der Waals surface area contributed by atoms with E-state index in [4.69, 9.17) is 16.9 Å². The SMILES string of the molecule is CN(C)CC(=O)Nc1cccc(-c2nc(N)c3ccccc3n2)c1.N=Cc1ccccc1N. The summed E-state index contributed by atoms with van der Waals surface area (Å²) in [4.78, 5) is 22.7. The number of hydrogen-bond donors (Lipinski definition) is 4. The number of nitrogens with zero attached hydrogens (tertiary/aromatic N) is 3. The van der Waals surface area contributed by atoms with Crippen molar-refractivity contribution in [2.75, 3.05) is 37.4 Å². The van der Waals surface area contributed by atoms with Gasteiger partial charge in [-0.1, -0.05) is 42.5 Å². The number of nitrogens with two attached hydrogens (primary N) is 2. The standard InChI is InChI=1S/C18H19N5O.C7H8N2/c1-23(2)11-16(24)20-13-7-5-6-12(10-13)18-21-15-9-4-3-8-14(15)17(19)22-18;8-5-6-3-1-2-4-7(6)9/h3-10H,11H2,1-2H3,(H,20,24)(H2,19,21,22);1-5,8H,9H2. The molecule has 0 bridgehead atoms. The number of amides is 1. The molecule has 0 atom stereocenters. The number of carbonyl (C=O) groups is 1. The third-order valence-corrected chi connectivity index (χ3v) is 4.65. The fraction of sp³-hybridized carbons (Fsp3) is 0.120. The van der Waals surface area contributed by atoms with Crippen LogP contribution in [0.25, 0.3) is 22.3 Å². The van der Waals surface area contributed by atoms with E-state index in [2.05, 4.69) is 15.3 Å². The van der Waals surface area contributed by atoms with Crippen molar-refractivity contribution < 1.29 is 4.79 Å². The Labute approximate surface area is 192 Å². The van der Waals surface area contributed by atoms with Gasteiger partial charge < -0.3 is 27.1 Å². The van der Waals surface area contributed by atoms with E-state index in [9.17, 15) is 4.79 Å². The molecule has 0 saturated carbocycles. The van der Waals surface area contributed by atoms with Gasteiger partial charge >= 0.3 is 0 Å². The van der Waals surface area contributed by atoms with Crippen LogP contribution < -0.4 is 16.8 Å². The molecule has 1 aromatic heterocycles. The average Bonchev–Trinajstić information content (AvgIpc) is 2.79. The van der Waals surface area contributed by atoms with Gasteiger partial charge in [-0.15, -0.1) is 0 Å². The molecule has 4 aromatic rings. The summed E-state index contributed by atoms with van der Waals surface area (Å²) < 4.78 is 0. The molecule has 168 valence electrons. The first-order chi connectivity index (χ1) is 15.9. The number of hydrogen-bond acceptors (Lipinski definition) is 7. The van der Waals surface area contributed by atoms with Crippen molar-refractivity contribution >= 4 is 40.2 Å². The Hall–Kier alpha value is -4.30. The smallest absolute Gasteiger partial charge is 0.238 e. The molecule has 8 nitrogen and oxygen atoms in total. The number of benzene rings is 3. The Bertz CT molecular complexity index is 1270. The van der Waals surface area contributed by atoms with Crippen LogP contribution in [0.15, 0.2) is 72.8 Å². The van der Waals surface area contributed by atoms with Gasteiger partial charge in [-0.3, -0.25) is 4.79 Å². The van der Waals surface area contributed by atoms with Crippen LogP contribution in [0.5, 0.6) is 0 Å². The normalized spacial score (nSPS) is 10.4. The van der Waals surface area contributed by atoms with E-state index < -0.39 is 0 Å². The summed E-state index contributed by atoms with van der Waals surface area (Å²) in [6.45, 7) is 0.323. The Kier molecular flexibility index (Phi) is 7.67. The molecule has 0 unspecified atom stereocenters. The van der Waals surface area contributed by atoms with E-state index in [0.29, 0.717) is 29.6 Å². The van der Waals surface area contributed by atoms with Crippen LogP contribution in [0, 0.1) is 5.41 Å². The summed E-state index contributed by atoms with van der Waals surface area (Å²) in [5, 5.41) is 10.6. The van der Waals surface area contributed by atoms with E-state index in [1.54, 1.807) is 6.07 Å². The summed E-state index contributed by atoms with van der Waals surface area (Å²) in [6, 6.07) is 22.3. The van der Waals surface area contributed by atoms with Gasteiger partial charge in [0.1, 0.15) is 5.82 Å². The molecule has 0 aliphatic heterocycles. The largest absolute Gasteiger partial charge is 0.398 e. The number of nitrogen functional groups attached to an aromatic ring is 2. The van der Waals surface area contributed by atoms with Gasteiger partial charge in [-0.25, -0.2) is 9.97 Å². The lowest BCUT2D eigenvalue weighted by Crippen LogP contribution is -2.27. The first-order valence-corrected chi connectivity index (χ1v) is 10.3. The van der Waals surface area contributed by atoms with E-state index >= 15 is 0 Å². The van der Waals surface area contributed by atoms with Crippen LogP contribution in [0.2, 0.25) is 0 Å². The highest BCUT2D eigenvalue weighted by molar-refractivity contribution is 5.93. The second-order valence-corrected chi connectivity index (χ2v) is 7.59. The number of carbonyl (C=O) groups excluding carboxylic acids is 1. The monoisotopic (exact) mass is 441 g/mol. The quantitative estimate of drug-likeness (QED) is 0.276. The molecule has 33 heavy (non-hydrogen) atoms. The molecule has 8 heteroatoms. The van der Waals surface area contributed by atoms with Crippen molar-refractivity contribution in [2.24, 2.45) is 0 Å². The molecule has 0 aliphatic rings. The zero-order chi connectivity index (χ0) is 23.8. The fourth-order valence-corrected chi connectivity index (χ4v) is 3.10. The molecule has 1 heterocycles. The number of anilines is 3. The average molecular weight is 442 g/mol. The van der Waals surface area contributed by atoms with Gasteiger partial charge in [0.05, 0.1) is 12.1 Å². The number of likely N-dealkylation sites (N-methyl/N-ethyl adjacent to an activating group) is 1. The van der Waals surface area contributed by atoms with Crippen LogP contribution in [-0.2, 0) is 4.79 Å².